The first-order valence-electron chi connectivity index (χ1n) is 9.06. The molecule has 6 heteroatoms. The van der Waals surface area contributed by atoms with Crippen LogP contribution in [0.4, 0.5) is 5.69 Å². The van der Waals surface area contributed by atoms with Crippen LogP contribution in [-0.2, 0) is 0 Å². The highest BCUT2D eigenvalue weighted by Gasteiger charge is 2.22. The van der Waals surface area contributed by atoms with Gasteiger partial charge in [0.2, 0.25) is 5.82 Å². The number of carbonyl (C=O) groups is 2. The maximum absolute atomic E-state index is 12.9. The third-order valence-electron chi connectivity index (χ3n) is 4.42. The topological polar surface area (TPSA) is 75.5 Å². The summed E-state index contributed by atoms with van der Waals surface area (Å²) < 4.78 is 1.65. The minimum atomic E-state index is -0.330. The van der Waals surface area contributed by atoms with Crippen LogP contribution in [-0.4, -0.2) is 27.7 Å². The summed E-state index contributed by atoms with van der Waals surface area (Å²) in [5, 5.41) is 5.78. The fourth-order valence-corrected chi connectivity index (χ4v) is 3.23. The van der Waals surface area contributed by atoms with Crippen molar-refractivity contribution in [3.05, 3.63) is 64.7 Å². The number of amides is 2. The number of carbonyl (C=O) groups excluding carboxylic acids is 2. The van der Waals surface area contributed by atoms with E-state index in [1.807, 2.05) is 45.9 Å². The number of aromatic nitrogens is 2. The van der Waals surface area contributed by atoms with E-state index in [1.165, 1.54) is 0 Å². The van der Waals surface area contributed by atoms with Crippen molar-refractivity contribution in [2.75, 3.05) is 11.9 Å². The van der Waals surface area contributed by atoms with Gasteiger partial charge in [-0.15, -0.1) is 0 Å². The van der Waals surface area contributed by atoms with E-state index >= 15 is 0 Å². The largest absolute Gasteiger partial charge is 0.349 e. The Morgan fingerprint density at radius 1 is 1.07 bits per heavy atom. The van der Waals surface area contributed by atoms with E-state index in [1.54, 1.807) is 22.7 Å². The van der Waals surface area contributed by atoms with Crippen LogP contribution < -0.4 is 10.6 Å². The second-order valence-electron chi connectivity index (χ2n) is 6.72. The third kappa shape index (κ3) is 3.69. The monoisotopic (exact) mass is 364 g/mol. The fourth-order valence-electron chi connectivity index (χ4n) is 3.23. The second kappa shape index (κ2) is 7.61. The van der Waals surface area contributed by atoms with Crippen LogP contribution in [0.3, 0.4) is 0 Å². The zero-order chi connectivity index (χ0) is 19.6. The van der Waals surface area contributed by atoms with Crippen LogP contribution in [0.5, 0.6) is 0 Å². The van der Waals surface area contributed by atoms with Crippen LogP contribution in [0.25, 0.3) is 5.52 Å². The van der Waals surface area contributed by atoms with Gasteiger partial charge in [-0.2, -0.15) is 0 Å². The molecular weight excluding hydrogens is 340 g/mol. The number of fused-ring (bicyclic) bond motifs is 1. The number of rotatable bonds is 5. The molecule has 2 N–H and O–H groups in total. The van der Waals surface area contributed by atoms with E-state index in [0.717, 1.165) is 28.8 Å². The summed E-state index contributed by atoms with van der Waals surface area (Å²) in [7, 11) is 0. The summed E-state index contributed by atoms with van der Waals surface area (Å²) in [4.78, 5) is 29.7. The van der Waals surface area contributed by atoms with Crippen LogP contribution in [0, 0.1) is 20.8 Å². The zero-order valence-corrected chi connectivity index (χ0v) is 16.1. The molecule has 0 bridgehead atoms. The minimum absolute atomic E-state index is 0.210. The smallest absolute Gasteiger partial charge is 0.287 e. The predicted octanol–water partition coefficient (Wildman–Crippen LogP) is 3.65. The van der Waals surface area contributed by atoms with Gasteiger partial charge in [0, 0.05) is 18.4 Å². The van der Waals surface area contributed by atoms with Crippen LogP contribution in [0.15, 0.2) is 36.5 Å². The minimum Gasteiger partial charge on any atom is -0.349 e. The van der Waals surface area contributed by atoms with Crippen molar-refractivity contribution in [2.24, 2.45) is 0 Å². The summed E-state index contributed by atoms with van der Waals surface area (Å²) >= 11 is 0. The van der Waals surface area contributed by atoms with Gasteiger partial charge in [-0.3, -0.25) is 14.0 Å². The lowest BCUT2D eigenvalue weighted by Crippen LogP contribution is -2.26. The molecular formula is C21H24N4O2. The number of hydrogen-bond donors (Lipinski definition) is 2. The molecule has 0 unspecified atom stereocenters. The molecule has 0 spiro atoms. The predicted molar refractivity (Wildman–Crippen MR) is 106 cm³/mol. The molecule has 2 heterocycles. The highest BCUT2D eigenvalue weighted by Crippen LogP contribution is 2.23. The molecule has 0 aliphatic carbocycles. The quantitative estimate of drug-likeness (QED) is 0.725. The molecule has 6 nitrogen and oxygen atoms in total. The molecule has 0 saturated carbocycles. The normalized spacial score (nSPS) is 10.8. The Balaban J connectivity index is 1.99. The maximum atomic E-state index is 12.9. The average Bonchev–Trinajstić information content (AvgIpc) is 3.02. The number of nitrogens with one attached hydrogen (secondary N) is 2. The Bertz CT molecular complexity index is 997. The lowest BCUT2D eigenvalue weighted by molar-refractivity contribution is 0.0942. The molecule has 0 fully saturated rings. The molecule has 0 saturated heterocycles. The molecule has 2 aromatic heterocycles. The van der Waals surface area contributed by atoms with Crippen molar-refractivity contribution in [3.63, 3.8) is 0 Å². The van der Waals surface area contributed by atoms with Crippen molar-refractivity contribution in [3.8, 4) is 0 Å². The van der Waals surface area contributed by atoms with Gasteiger partial charge >= 0.3 is 0 Å². The molecule has 3 aromatic rings. The van der Waals surface area contributed by atoms with E-state index in [2.05, 4.69) is 15.6 Å². The summed E-state index contributed by atoms with van der Waals surface area (Å²) in [5.74, 6) is -0.412. The zero-order valence-electron chi connectivity index (χ0n) is 16.1. The number of benzene rings is 1. The molecule has 0 radical (unpaired) electrons. The van der Waals surface area contributed by atoms with Crippen LogP contribution in [0.1, 0.15) is 51.1 Å². The number of pyridine rings is 1. The van der Waals surface area contributed by atoms with Gasteiger partial charge in [0.15, 0.2) is 5.69 Å². The van der Waals surface area contributed by atoms with E-state index in [0.29, 0.717) is 12.1 Å². The molecule has 27 heavy (non-hydrogen) atoms. The third-order valence-corrected chi connectivity index (χ3v) is 4.42. The fraction of sp³-hybridized carbons (Fsp3) is 0.286. The summed E-state index contributed by atoms with van der Waals surface area (Å²) in [6.45, 7) is 8.49. The Labute approximate surface area is 158 Å². The molecule has 3 rings (SSSR count). The number of nitrogens with zero attached hydrogens (tertiary/aromatic N) is 2. The van der Waals surface area contributed by atoms with Gasteiger partial charge in [-0.25, -0.2) is 4.98 Å². The summed E-state index contributed by atoms with van der Waals surface area (Å²) in [5.41, 5.74) is 4.73. The Kier molecular flexibility index (Phi) is 5.26. The van der Waals surface area contributed by atoms with Crippen molar-refractivity contribution in [1.82, 2.24) is 14.7 Å². The number of imidazole rings is 1. The van der Waals surface area contributed by atoms with Crippen LogP contribution >= 0.6 is 0 Å². The molecule has 0 aliphatic heterocycles. The van der Waals surface area contributed by atoms with Gasteiger partial charge in [0.1, 0.15) is 0 Å². The maximum Gasteiger partial charge on any atom is 0.287 e. The number of anilines is 1. The van der Waals surface area contributed by atoms with Gasteiger partial charge in [-0.1, -0.05) is 30.7 Å². The average molecular weight is 364 g/mol. The molecule has 0 atom stereocenters. The van der Waals surface area contributed by atoms with E-state index in [4.69, 9.17) is 0 Å². The molecule has 0 aliphatic rings. The second-order valence-corrected chi connectivity index (χ2v) is 6.72. The highest BCUT2D eigenvalue weighted by atomic mass is 16.2. The SMILES string of the molecule is CCCNC(=O)c1nc(C(=O)Nc2c(C)cc(C)cc2C)c2ccccn12. The van der Waals surface area contributed by atoms with Crippen molar-refractivity contribution in [2.45, 2.75) is 34.1 Å². The molecule has 1 aromatic carbocycles. The van der Waals surface area contributed by atoms with E-state index in [-0.39, 0.29) is 23.3 Å². The van der Waals surface area contributed by atoms with Crippen molar-refractivity contribution < 1.29 is 9.59 Å². The molecule has 140 valence electrons. The molecule has 2 amide bonds. The first kappa shape index (κ1) is 18.6. The lowest BCUT2D eigenvalue weighted by atomic mass is 10.0. The van der Waals surface area contributed by atoms with Gasteiger partial charge < -0.3 is 10.6 Å². The van der Waals surface area contributed by atoms with Gasteiger partial charge in [0.05, 0.1) is 5.52 Å². The van der Waals surface area contributed by atoms with Crippen LogP contribution in [0.2, 0.25) is 0 Å². The Hall–Kier alpha value is -3.15. The first-order valence-corrected chi connectivity index (χ1v) is 9.06. The van der Waals surface area contributed by atoms with Crippen molar-refractivity contribution >= 4 is 23.0 Å². The lowest BCUT2D eigenvalue weighted by Gasteiger charge is -2.12. The van der Waals surface area contributed by atoms with Crippen molar-refractivity contribution in [1.29, 1.82) is 0 Å². The van der Waals surface area contributed by atoms with E-state index < -0.39 is 0 Å². The standard InChI is InChI=1S/C21H24N4O2/c1-5-9-22-21(27)19-23-18(16-8-6-7-10-25(16)19)20(26)24-17-14(3)11-13(2)12-15(17)4/h6-8,10-12H,5,9H2,1-4H3,(H,22,27)(H,24,26). The number of aryl methyl sites for hydroxylation is 3. The Morgan fingerprint density at radius 3 is 2.44 bits per heavy atom. The summed E-state index contributed by atoms with van der Waals surface area (Å²) in [6, 6.07) is 9.47. The van der Waals surface area contributed by atoms with E-state index in [9.17, 15) is 9.59 Å². The van der Waals surface area contributed by atoms with Gasteiger partial charge in [0.25, 0.3) is 11.8 Å². The highest BCUT2D eigenvalue weighted by molar-refractivity contribution is 6.09. The summed E-state index contributed by atoms with van der Waals surface area (Å²) in [6.07, 6.45) is 2.57. The first-order chi connectivity index (χ1) is 12.9. The number of hydrogen-bond acceptors (Lipinski definition) is 3. The Morgan fingerprint density at radius 2 is 1.78 bits per heavy atom. The van der Waals surface area contributed by atoms with Gasteiger partial charge in [-0.05, 0) is 50.5 Å².